The molecule has 0 saturated carbocycles. The zero-order valence-corrected chi connectivity index (χ0v) is 14.1. The molecule has 24 heavy (non-hydrogen) atoms. The molecule has 0 heterocycles. The number of hydrogen-bond acceptors (Lipinski definition) is 4. The van der Waals surface area contributed by atoms with Gasteiger partial charge in [-0.2, -0.15) is 0 Å². The first-order valence-electron chi connectivity index (χ1n) is 7.06. The largest absolute Gasteiger partial charge is 0.478 e. The molecule has 0 radical (unpaired) electrons. The second-order valence-electron chi connectivity index (χ2n) is 5.02. The highest BCUT2D eigenvalue weighted by Crippen LogP contribution is 2.22. The lowest BCUT2D eigenvalue weighted by atomic mass is 10.2. The zero-order chi connectivity index (χ0) is 17.5. The van der Waals surface area contributed by atoms with Crippen LogP contribution in [0.1, 0.15) is 15.9 Å². The zero-order valence-electron chi connectivity index (χ0n) is 12.6. The average molecular weight is 368 g/mol. The van der Waals surface area contributed by atoms with E-state index in [4.69, 9.17) is 33.0 Å². The number of ketones is 1. The van der Waals surface area contributed by atoms with Crippen LogP contribution in [0, 0.1) is 0 Å². The van der Waals surface area contributed by atoms with Crippen LogP contribution in [0.25, 0.3) is 0 Å². The van der Waals surface area contributed by atoms with Crippen LogP contribution in [0.3, 0.4) is 0 Å². The second-order valence-corrected chi connectivity index (χ2v) is 5.83. The SMILES string of the molecule is O=C(CNc1cccc(C(=O)O)c1)COCc1ccc(Cl)c(Cl)c1. The minimum Gasteiger partial charge on any atom is -0.478 e. The quantitative estimate of drug-likeness (QED) is 0.739. The molecule has 0 spiro atoms. The highest BCUT2D eigenvalue weighted by atomic mass is 35.5. The molecule has 0 aliphatic carbocycles. The fourth-order valence-electron chi connectivity index (χ4n) is 1.93. The lowest BCUT2D eigenvalue weighted by Gasteiger charge is -2.08. The molecule has 0 aliphatic heterocycles. The van der Waals surface area contributed by atoms with Gasteiger partial charge < -0.3 is 15.2 Å². The van der Waals surface area contributed by atoms with E-state index in [2.05, 4.69) is 5.32 Å². The van der Waals surface area contributed by atoms with Crippen LogP contribution in [-0.4, -0.2) is 30.0 Å². The van der Waals surface area contributed by atoms with E-state index in [1.165, 1.54) is 12.1 Å². The Morgan fingerprint density at radius 2 is 1.88 bits per heavy atom. The minimum atomic E-state index is -1.02. The van der Waals surface area contributed by atoms with Crippen molar-refractivity contribution in [2.45, 2.75) is 6.61 Å². The summed E-state index contributed by atoms with van der Waals surface area (Å²) in [6.45, 7) is 0.230. The first-order chi connectivity index (χ1) is 11.5. The van der Waals surface area contributed by atoms with Gasteiger partial charge in [0.15, 0.2) is 5.78 Å². The Kier molecular flexibility index (Phi) is 6.61. The Balaban J connectivity index is 1.76. The van der Waals surface area contributed by atoms with Gasteiger partial charge >= 0.3 is 5.97 Å². The Labute approximate surface area is 149 Å². The predicted octanol–water partition coefficient (Wildman–Crippen LogP) is 3.89. The summed E-state index contributed by atoms with van der Waals surface area (Å²) in [7, 11) is 0. The number of aromatic carboxylic acids is 1. The molecular formula is C17H15Cl2NO4. The molecule has 0 unspecified atom stereocenters. The van der Waals surface area contributed by atoms with Crippen molar-refractivity contribution in [3.63, 3.8) is 0 Å². The van der Waals surface area contributed by atoms with Crippen LogP contribution < -0.4 is 5.32 Å². The number of carbonyl (C=O) groups is 2. The van der Waals surface area contributed by atoms with Gasteiger partial charge in [-0.1, -0.05) is 35.3 Å². The smallest absolute Gasteiger partial charge is 0.335 e. The first kappa shape index (κ1) is 18.3. The summed E-state index contributed by atoms with van der Waals surface area (Å²) < 4.78 is 5.34. The second kappa shape index (κ2) is 8.68. The molecule has 0 saturated heterocycles. The molecule has 0 atom stereocenters. The van der Waals surface area contributed by atoms with Gasteiger partial charge in [0.05, 0.1) is 28.8 Å². The fourth-order valence-corrected chi connectivity index (χ4v) is 2.25. The highest BCUT2D eigenvalue weighted by Gasteiger charge is 2.06. The summed E-state index contributed by atoms with van der Waals surface area (Å²) in [5.74, 6) is -1.18. The minimum absolute atomic E-state index is 0.0461. The molecule has 2 aromatic carbocycles. The van der Waals surface area contributed by atoms with Crippen LogP contribution >= 0.6 is 23.2 Å². The molecule has 126 valence electrons. The van der Waals surface area contributed by atoms with Crippen molar-refractivity contribution >= 4 is 40.6 Å². The highest BCUT2D eigenvalue weighted by molar-refractivity contribution is 6.42. The molecule has 0 aliphatic rings. The lowest BCUT2D eigenvalue weighted by molar-refractivity contribution is -0.122. The van der Waals surface area contributed by atoms with Crippen LogP contribution in [0.2, 0.25) is 10.0 Å². The average Bonchev–Trinajstić information content (AvgIpc) is 2.56. The van der Waals surface area contributed by atoms with Crippen molar-refractivity contribution in [1.82, 2.24) is 0 Å². The molecule has 7 heteroatoms. The van der Waals surface area contributed by atoms with Crippen LogP contribution in [0.5, 0.6) is 0 Å². The number of anilines is 1. The third-order valence-electron chi connectivity index (χ3n) is 3.11. The normalized spacial score (nSPS) is 10.4. The van der Waals surface area contributed by atoms with E-state index < -0.39 is 5.97 Å². The van der Waals surface area contributed by atoms with Gasteiger partial charge in [-0.3, -0.25) is 4.79 Å². The van der Waals surface area contributed by atoms with Crippen LogP contribution in [-0.2, 0) is 16.1 Å². The Morgan fingerprint density at radius 1 is 1.08 bits per heavy atom. The van der Waals surface area contributed by atoms with Gasteiger partial charge in [0.2, 0.25) is 0 Å². The summed E-state index contributed by atoms with van der Waals surface area (Å²) in [5, 5.41) is 12.7. The molecule has 0 fully saturated rings. The van der Waals surface area contributed by atoms with Gasteiger partial charge in [0, 0.05) is 5.69 Å². The molecule has 5 nitrogen and oxygen atoms in total. The monoisotopic (exact) mass is 367 g/mol. The third kappa shape index (κ3) is 5.53. The number of hydrogen-bond donors (Lipinski definition) is 2. The maximum absolute atomic E-state index is 11.8. The standard InChI is InChI=1S/C17H15Cl2NO4/c18-15-5-4-11(6-16(15)19)9-24-10-14(21)8-20-13-3-1-2-12(7-13)17(22)23/h1-7,20H,8-10H2,(H,22,23). The van der Waals surface area contributed by atoms with Crippen LogP contribution in [0.4, 0.5) is 5.69 Å². The maximum Gasteiger partial charge on any atom is 0.335 e. The summed E-state index contributed by atoms with van der Waals surface area (Å²) in [6.07, 6.45) is 0. The Morgan fingerprint density at radius 3 is 2.58 bits per heavy atom. The molecule has 2 aromatic rings. The Bertz CT molecular complexity index is 749. The number of halogens is 2. The van der Waals surface area contributed by atoms with Gasteiger partial charge in [0.1, 0.15) is 6.61 Å². The van der Waals surface area contributed by atoms with E-state index >= 15 is 0 Å². The summed E-state index contributed by atoms with van der Waals surface area (Å²) in [5.41, 5.74) is 1.54. The number of carboxylic acids is 1. The number of carbonyl (C=O) groups excluding carboxylic acids is 1. The van der Waals surface area contributed by atoms with Crippen molar-refractivity contribution in [2.75, 3.05) is 18.5 Å². The molecule has 0 aromatic heterocycles. The van der Waals surface area contributed by atoms with Crippen LogP contribution in [0.15, 0.2) is 42.5 Å². The summed E-state index contributed by atoms with van der Waals surface area (Å²) in [6, 6.07) is 11.4. The molecule has 2 N–H and O–H groups in total. The third-order valence-corrected chi connectivity index (χ3v) is 3.85. The number of rotatable bonds is 8. The molecule has 0 bridgehead atoms. The van der Waals surface area contributed by atoms with Gasteiger partial charge in [-0.05, 0) is 35.9 Å². The molecule has 0 amide bonds. The molecule has 2 rings (SSSR count). The van der Waals surface area contributed by atoms with E-state index in [-0.39, 0.29) is 31.1 Å². The van der Waals surface area contributed by atoms with E-state index in [0.717, 1.165) is 5.56 Å². The number of carboxylic acid groups (broad SMARTS) is 1. The summed E-state index contributed by atoms with van der Waals surface area (Å²) in [4.78, 5) is 22.7. The number of ether oxygens (including phenoxy) is 1. The number of benzene rings is 2. The van der Waals surface area contributed by atoms with E-state index in [1.54, 1.807) is 30.3 Å². The van der Waals surface area contributed by atoms with Gasteiger partial charge in [-0.15, -0.1) is 0 Å². The van der Waals surface area contributed by atoms with Crippen molar-refractivity contribution in [1.29, 1.82) is 0 Å². The fraction of sp³-hybridized carbons (Fsp3) is 0.176. The van der Waals surface area contributed by atoms with E-state index in [9.17, 15) is 9.59 Å². The first-order valence-corrected chi connectivity index (χ1v) is 7.82. The summed E-state index contributed by atoms with van der Waals surface area (Å²) >= 11 is 11.7. The maximum atomic E-state index is 11.8. The number of nitrogens with one attached hydrogen (secondary N) is 1. The van der Waals surface area contributed by atoms with Crippen molar-refractivity contribution in [2.24, 2.45) is 0 Å². The molecular weight excluding hydrogens is 353 g/mol. The lowest BCUT2D eigenvalue weighted by Crippen LogP contribution is -2.19. The Hall–Kier alpha value is -2.08. The van der Waals surface area contributed by atoms with Crippen molar-refractivity contribution < 1.29 is 19.4 Å². The van der Waals surface area contributed by atoms with Crippen molar-refractivity contribution in [3.05, 3.63) is 63.6 Å². The van der Waals surface area contributed by atoms with E-state index in [0.29, 0.717) is 15.7 Å². The van der Waals surface area contributed by atoms with Gasteiger partial charge in [0.25, 0.3) is 0 Å². The van der Waals surface area contributed by atoms with E-state index in [1.807, 2.05) is 0 Å². The number of Topliss-reactive ketones (excluding diaryl/α,β-unsaturated/α-hetero) is 1. The van der Waals surface area contributed by atoms with Gasteiger partial charge in [-0.25, -0.2) is 4.79 Å². The van der Waals surface area contributed by atoms with Crippen molar-refractivity contribution in [3.8, 4) is 0 Å². The predicted molar refractivity (Wildman–Crippen MR) is 93.0 cm³/mol. The topological polar surface area (TPSA) is 75.6 Å².